The summed E-state index contributed by atoms with van der Waals surface area (Å²) in [5.41, 5.74) is 0. The summed E-state index contributed by atoms with van der Waals surface area (Å²) in [6.07, 6.45) is 40.6. The third-order valence-corrected chi connectivity index (χ3v) is 13.7. The number of unbranched alkanes of at least 4 members (excludes halogenated alkanes) is 20. The molecule has 2 aliphatic heterocycles. The van der Waals surface area contributed by atoms with Gasteiger partial charge >= 0.3 is 11.9 Å². The molecule has 0 radical (unpaired) electrons. The fourth-order valence-electron chi connectivity index (χ4n) is 8.89. The van der Waals surface area contributed by atoms with Crippen LogP contribution in [0, 0.1) is 0 Å². The van der Waals surface area contributed by atoms with E-state index in [4.69, 9.17) is 28.4 Å². The number of allylic oxidation sites excluding steroid dienone is 12. The number of aliphatic hydroxyl groups is 7. The predicted octanol–water partition coefficient (Wildman–Crippen LogP) is 10.2. The minimum Gasteiger partial charge on any atom is -0.462 e. The molecule has 11 unspecified atom stereocenters. The Morgan fingerprint density at radius 2 is 0.829 bits per heavy atom. The van der Waals surface area contributed by atoms with E-state index in [0.717, 1.165) is 70.6 Å². The SMILES string of the molecule is CC/C=C\C/C=C\C/C=C\C/C=C\C/C=C\CCCCCC(=O)OC(COC(=O)CCCCCCCCCCC/C=C\CCCCCCCCCC)COC1OC(COC2OC(CO)C(O)C(O)C2O)C(O)C(O)C1O. The number of hydrogen-bond acceptors (Lipinski definition) is 15. The zero-order valence-corrected chi connectivity index (χ0v) is 46.7. The van der Waals surface area contributed by atoms with Crippen LogP contribution in [0.2, 0.25) is 0 Å². The molecule has 0 bridgehead atoms. The average Bonchev–Trinajstić information content (AvgIpc) is 3.41. The van der Waals surface area contributed by atoms with E-state index < -0.39 is 99.3 Å². The molecule has 2 rings (SSSR count). The molecule has 76 heavy (non-hydrogen) atoms. The smallest absolute Gasteiger partial charge is 0.306 e. The van der Waals surface area contributed by atoms with Crippen LogP contribution < -0.4 is 0 Å². The molecule has 2 aliphatic rings. The van der Waals surface area contributed by atoms with Crippen LogP contribution in [0.15, 0.2) is 72.9 Å². The summed E-state index contributed by atoms with van der Waals surface area (Å²) in [7, 11) is 0. The Bertz CT molecular complexity index is 1590. The lowest BCUT2D eigenvalue weighted by Crippen LogP contribution is -2.61. The maximum atomic E-state index is 13.1. The molecular formula is C61H104O15. The van der Waals surface area contributed by atoms with Crippen molar-refractivity contribution in [2.75, 3.05) is 26.4 Å². The van der Waals surface area contributed by atoms with Crippen molar-refractivity contribution in [3.63, 3.8) is 0 Å². The second kappa shape index (κ2) is 46.8. The Labute approximate surface area is 457 Å². The zero-order valence-electron chi connectivity index (χ0n) is 46.7. The number of carbonyl (C=O) groups excluding carboxylic acids is 2. The standard InChI is InChI=1S/C61H104O15/c1-3-5-7-9-11-13-15-17-19-21-23-24-26-27-29-31-33-35-37-39-41-43-52(63)71-46-49(74-53(64)44-42-40-38-36-34-32-30-28-25-22-20-18-16-14-12-10-8-6-4-2)47-72-60-59(70)57(68)55(66)51(76-60)48-73-61-58(69)56(67)54(65)50(45-62)75-61/h6,8,12,14,18,20-21,23,25,28,32,34,49-51,54-62,65-70H,3-5,7,9-11,13,15-17,19,22,24,26-27,29-31,33,35-48H2,1-2H3/b8-6-,14-12-,20-18-,23-21-,28-25-,34-32-. The summed E-state index contributed by atoms with van der Waals surface area (Å²) < 4.78 is 33.7. The normalized spacial score (nSPS) is 24.9. The Kier molecular flexibility index (Phi) is 42.5. The van der Waals surface area contributed by atoms with E-state index in [9.17, 15) is 45.3 Å². The van der Waals surface area contributed by atoms with Crippen LogP contribution in [0.25, 0.3) is 0 Å². The van der Waals surface area contributed by atoms with Crippen LogP contribution in [-0.2, 0) is 38.0 Å². The Morgan fingerprint density at radius 3 is 1.33 bits per heavy atom. The van der Waals surface area contributed by atoms with Crippen LogP contribution >= 0.6 is 0 Å². The van der Waals surface area contributed by atoms with Crippen molar-refractivity contribution in [3.8, 4) is 0 Å². The second-order valence-electron chi connectivity index (χ2n) is 20.4. The van der Waals surface area contributed by atoms with Gasteiger partial charge in [-0.25, -0.2) is 0 Å². The van der Waals surface area contributed by atoms with Gasteiger partial charge in [0.2, 0.25) is 0 Å². The van der Waals surface area contributed by atoms with Gasteiger partial charge in [-0.2, -0.15) is 0 Å². The van der Waals surface area contributed by atoms with Crippen molar-refractivity contribution in [2.24, 2.45) is 0 Å². The molecule has 0 saturated carbocycles. The van der Waals surface area contributed by atoms with Crippen molar-refractivity contribution < 1.29 is 73.8 Å². The van der Waals surface area contributed by atoms with Gasteiger partial charge in [-0.05, 0) is 83.5 Å². The summed E-state index contributed by atoms with van der Waals surface area (Å²) in [5, 5.41) is 72.3. The molecule has 2 fully saturated rings. The van der Waals surface area contributed by atoms with E-state index in [0.29, 0.717) is 12.8 Å². The molecule has 0 aromatic carbocycles. The van der Waals surface area contributed by atoms with Gasteiger partial charge in [0.15, 0.2) is 18.7 Å². The van der Waals surface area contributed by atoms with Crippen LogP contribution in [0.3, 0.4) is 0 Å². The molecule has 15 heteroatoms. The van der Waals surface area contributed by atoms with Crippen LogP contribution in [0.1, 0.15) is 206 Å². The number of esters is 2. The molecule has 0 aliphatic carbocycles. The van der Waals surface area contributed by atoms with Crippen LogP contribution in [0.4, 0.5) is 0 Å². The molecule has 438 valence electrons. The highest BCUT2D eigenvalue weighted by molar-refractivity contribution is 5.70. The van der Waals surface area contributed by atoms with Gasteiger partial charge in [0.05, 0.1) is 19.8 Å². The lowest BCUT2D eigenvalue weighted by Gasteiger charge is -2.42. The van der Waals surface area contributed by atoms with Gasteiger partial charge in [0.25, 0.3) is 0 Å². The molecule has 0 aromatic rings. The number of aliphatic hydroxyl groups excluding tert-OH is 7. The molecule has 7 N–H and O–H groups in total. The molecule has 15 nitrogen and oxygen atoms in total. The Hall–Kier alpha value is -3.06. The highest BCUT2D eigenvalue weighted by Crippen LogP contribution is 2.27. The molecule has 0 amide bonds. The van der Waals surface area contributed by atoms with Crippen LogP contribution in [-0.4, -0.2) is 142 Å². The number of ether oxygens (including phenoxy) is 6. The monoisotopic (exact) mass is 1080 g/mol. The first-order chi connectivity index (χ1) is 37.0. The van der Waals surface area contributed by atoms with Gasteiger partial charge in [0, 0.05) is 12.8 Å². The van der Waals surface area contributed by atoms with Crippen molar-refractivity contribution in [3.05, 3.63) is 72.9 Å². The van der Waals surface area contributed by atoms with Gasteiger partial charge < -0.3 is 64.2 Å². The quantitative estimate of drug-likeness (QED) is 0.0171. The summed E-state index contributed by atoms with van der Waals surface area (Å²) in [6, 6.07) is 0. The van der Waals surface area contributed by atoms with Gasteiger partial charge in [-0.1, -0.05) is 183 Å². The first-order valence-electron chi connectivity index (χ1n) is 29.5. The van der Waals surface area contributed by atoms with E-state index in [2.05, 4.69) is 86.8 Å². The zero-order chi connectivity index (χ0) is 55.3. The van der Waals surface area contributed by atoms with E-state index in [1.54, 1.807) is 0 Å². The van der Waals surface area contributed by atoms with Crippen molar-refractivity contribution in [2.45, 2.75) is 274 Å². The summed E-state index contributed by atoms with van der Waals surface area (Å²) in [4.78, 5) is 25.9. The van der Waals surface area contributed by atoms with Crippen molar-refractivity contribution >= 4 is 11.9 Å². The summed E-state index contributed by atoms with van der Waals surface area (Å²) >= 11 is 0. The molecule has 11 atom stereocenters. The largest absolute Gasteiger partial charge is 0.462 e. The maximum Gasteiger partial charge on any atom is 0.306 e. The van der Waals surface area contributed by atoms with E-state index in [-0.39, 0.29) is 19.4 Å². The summed E-state index contributed by atoms with van der Waals surface area (Å²) in [5.74, 6) is -0.965. The van der Waals surface area contributed by atoms with E-state index >= 15 is 0 Å². The average molecular weight is 1080 g/mol. The first-order valence-corrected chi connectivity index (χ1v) is 29.5. The topological polar surface area (TPSA) is 231 Å². The third kappa shape index (κ3) is 33.4. The minimum atomic E-state index is -1.78. The van der Waals surface area contributed by atoms with Crippen molar-refractivity contribution in [1.82, 2.24) is 0 Å². The molecular weight excluding hydrogens is 973 g/mol. The molecule has 2 heterocycles. The molecule has 2 saturated heterocycles. The van der Waals surface area contributed by atoms with Crippen molar-refractivity contribution in [1.29, 1.82) is 0 Å². The highest BCUT2D eigenvalue weighted by Gasteiger charge is 2.47. The Morgan fingerprint density at radius 1 is 0.434 bits per heavy atom. The predicted molar refractivity (Wildman–Crippen MR) is 298 cm³/mol. The number of carbonyl (C=O) groups is 2. The number of hydrogen-bond donors (Lipinski definition) is 7. The van der Waals surface area contributed by atoms with Crippen LogP contribution in [0.5, 0.6) is 0 Å². The summed E-state index contributed by atoms with van der Waals surface area (Å²) in [6.45, 7) is 2.46. The van der Waals surface area contributed by atoms with Gasteiger partial charge in [-0.15, -0.1) is 0 Å². The lowest BCUT2D eigenvalue weighted by molar-refractivity contribution is -0.332. The fourth-order valence-corrected chi connectivity index (χ4v) is 8.89. The maximum absolute atomic E-state index is 13.1. The Balaban J connectivity index is 1.76. The highest BCUT2D eigenvalue weighted by atomic mass is 16.7. The van der Waals surface area contributed by atoms with E-state index in [1.165, 1.54) is 96.3 Å². The van der Waals surface area contributed by atoms with E-state index in [1.807, 2.05) is 0 Å². The van der Waals surface area contributed by atoms with Gasteiger partial charge in [-0.3, -0.25) is 9.59 Å². The molecule has 0 aromatic heterocycles. The molecule has 0 spiro atoms. The third-order valence-electron chi connectivity index (χ3n) is 13.7. The first kappa shape index (κ1) is 69.0. The lowest BCUT2D eigenvalue weighted by atomic mass is 9.98. The number of rotatable bonds is 46. The second-order valence-corrected chi connectivity index (χ2v) is 20.4. The fraction of sp³-hybridized carbons (Fsp3) is 0.770. The van der Waals surface area contributed by atoms with Gasteiger partial charge in [0.1, 0.15) is 55.4 Å². The minimum absolute atomic E-state index is 0.123.